The van der Waals surface area contributed by atoms with Crippen LogP contribution in [0.1, 0.15) is 18.2 Å². The summed E-state index contributed by atoms with van der Waals surface area (Å²) in [4.78, 5) is 26.2. The summed E-state index contributed by atoms with van der Waals surface area (Å²) in [5.74, 6) is 0.401. The molecular weight excluding hydrogens is 392 g/mol. The van der Waals surface area contributed by atoms with Gasteiger partial charge in [-0.15, -0.1) is 0 Å². The number of nitrogens with two attached hydrogens (primary N) is 1. The van der Waals surface area contributed by atoms with Gasteiger partial charge in [-0.1, -0.05) is 0 Å². The van der Waals surface area contributed by atoms with E-state index in [1.54, 1.807) is 23.2 Å². The van der Waals surface area contributed by atoms with Crippen molar-refractivity contribution in [2.45, 2.75) is 20.4 Å². The Bertz CT molecular complexity index is 1330. The van der Waals surface area contributed by atoms with Crippen molar-refractivity contribution in [1.82, 2.24) is 24.1 Å². The van der Waals surface area contributed by atoms with Gasteiger partial charge in [-0.3, -0.25) is 9.36 Å². The second kappa shape index (κ2) is 8.23. The molecule has 1 aromatic carbocycles. The highest BCUT2D eigenvalue weighted by Gasteiger charge is 2.15. The van der Waals surface area contributed by atoms with Gasteiger partial charge in [-0.2, -0.15) is 4.98 Å². The van der Waals surface area contributed by atoms with Crippen LogP contribution < -0.4 is 16.6 Å². The summed E-state index contributed by atoms with van der Waals surface area (Å²) in [6.07, 6.45) is 7.79. The summed E-state index contributed by atoms with van der Waals surface area (Å²) >= 11 is 0. The molecule has 0 bridgehead atoms. The van der Waals surface area contributed by atoms with Crippen molar-refractivity contribution in [3.63, 3.8) is 0 Å². The van der Waals surface area contributed by atoms with Gasteiger partial charge in [0, 0.05) is 47.6 Å². The lowest BCUT2D eigenvalue weighted by Crippen LogP contribution is -2.26. The molecular formula is C22H22N8O. The number of allylic oxidation sites excluding steroid dienone is 1. The molecule has 0 aliphatic rings. The minimum atomic E-state index is -0.251. The lowest BCUT2D eigenvalue weighted by Gasteiger charge is -2.14. The number of anilines is 2. The first-order valence-corrected chi connectivity index (χ1v) is 9.76. The molecule has 0 aliphatic heterocycles. The summed E-state index contributed by atoms with van der Waals surface area (Å²) in [7, 11) is 0. The molecule has 3 aromatic heterocycles. The Balaban J connectivity index is 1.75. The van der Waals surface area contributed by atoms with Crippen LogP contribution in [0.5, 0.6) is 0 Å². The van der Waals surface area contributed by atoms with Gasteiger partial charge in [-0.05, 0) is 50.3 Å². The Morgan fingerprint density at radius 2 is 2.03 bits per heavy atom. The second-order valence-electron chi connectivity index (χ2n) is 6.91. The molecule has 9 nitrogen and oxygen atoms in total. The number of hydrogen-bond acceptors (Lipinski definition) is 7. The Labute approximate surface area is 178 Å². The van der Waals surface area contributed by atoms with Crippen LogP contribution >= 0.6 is 0 Å². The number of aromatic nitrogens is 5. The molecule has 0 saturated carbocycles. The number of hydrogen-bond donors (Lipinski definition) is 3. The number of benzene rings is 1. The average Bonchev–Trinajstić information content (AvgIpc) is 3.29. The van der Waals surface area contributed by atoms with Crippen LogP contribution in [-0.2, 0) is 6.54 Å². The highest BCUT2D eigenvalue weighted by atomic mass is 16.1. The van der Waals surface area contributed by atoms with Gasteiger partial charge < -0.3 is 21.0 Å². The Morgan fingerprint density at radius 3 is 2.68 bits per heavy atom. The fourth-order valence-corrected chi connectivity index (χ4v) is 3.38. The van der Waals surface area contributed by atoms with Crippen molar-refractivity contribution >= 4 is 34.6 Å². The van der Waals surface area contributed by atoms with E-state index in [1.165, 1.54) is 6.08 Å². The number of fused-ring (bicyclic) bond motifs is 1. The van der Waals surface area contributed by atoms with Crippen molar-refractivity contribution in [2.24, 2.45) is 5.73 Å². The van der Waals surface area contributed by atoms with Gasteiger partial charge in [0.2, 0.25) is 5.95 Å². The molecule has 4 aromatic rings. The van der Waals surface area contributed by atoms with E-state index in [2.05, 4.69) is 20.3 Å². The molecule has 0 saturated heterocycles. The monoisotopic (exact) mass is 414 g/mol. The lowest BCUT2D eigenvalue weighted by atomic mass is 10.1. The van der Waals surface area contributed by atoms with E-state index in [-0.39, 0.29) is 11.3 Å². The maximum Gasteiger partial charge on any atom is 0.261 e. The second-order valence-corrected chi connectivity index (χ2v) is 6.91. The molecule has 4 rings (SSSR count). The van der Waals surface area contributed by atoms with E-state index in [1.807, 2.05) is 48.9 Å². The molecule has 0 atom stereocenters. The van der Waals surface area contributed by atoms with Crippen molar-refractivity contribution in [3.05, 3.63) is 76.7 Å². The Morgan fingerprint density at radius 1 is 1.26 bits per heavy atom. The van der Waals surface area contributed by atoms with Gasteiger partial charge in [-0.25, -0.2) is 9.97 Å². The first-order valence-electron chi connectivity index (χ1n) is 9.76. The molecule has 156 valence electrons. The Hall–Kier alpha value is -4.27. The SMILES string of the molecule is CCn1c(=O)c(/C(N)=C/C=N)cc2c(C)nc(Nc3ccc(-n4ccnc4)cc3)nc21. The number of imidazole rings is 1. The van der Waals surface area contributed by atoms with E-state index >= 15 is 0 Å². The average molecular weight is 414 g/mol. The molecule has 9 heteroatoms. The minimum Gasteiger partial charge on any atom is -0.398 e. The predicted octanol–water partition coefficient (Wildman–Crippen LogP) is 3.00. The van der Waals surface area contributed by atoms with Gasteiger partial charge in [0.05, 0.1) is 17.6 Å². The zero-order valence-corrected chi connectivity index (χ0v) is 17.2. The first-order chi connectivity index (χ1) is 15.0. The smallest absolute Gasteiger partial charge is 0.261 e. The third-order valence-corrected chi connectivity index (χ3v) is 4.95. The van der Waals surface area contributed by atoms with Gasteiger partial charge in [0.1, 0.15) is 5.65 Å². The summed E-state index contributed by atoms with van der Waals surface area (Å²) in [6.45, 7) is 4.17. The van der Waals surface area contributed by atoms with Crippen LogP contribution in [0.4, 0.5) is 11.6 Å². The van der Waals surface area contributed by atoms with Crippen LogP contribution in [0.25, 0.3) is 22.4 Å². The van der Waals surface area contributed by atoms with Gasteiger partial charge in [0.15, 0.2) is 0 Å². The highest BCUT2D eigenvalue weighted by Crippen LogP contribution is 2.22. The number of pyridine rings is 1. The van der Waals surface area contributed by atoms with Gasteiger partial charge >= 0.3 is 0 Å². The van der Waals surface area contributed by atoms with E-state index in [0.29, 0.717) is 29.4 Å². The van der Waals surface area contributed by atoms with E-state index in [4.69, 9.17) is 11.1 Å². The zero-order chi connectivity index (χ0) is 22.0. The topological polar surface area (TPSA) is 128 Å². The molecule has 31 heavy (non-hydrogen) atoms. The molecule has 0 unspecified atom stereocenters. The third kappa shape index (κ3) is 3.80. The summed E-state index contributed by atoms with van der Waals surface area (Å²) in [6, 6.07) is 9.47. The maximum absolute atomic E-state index is 12.9. The zero-order valence-electron chi connectivity index (χ0n) is 17.2. The van der Waals surface area contributed by atoms with Crippen LogP contribution in [0.3, 0.4) is 0 Å². The molecule has 4 N–H and O–H groups in total. The lowest BCUT2D eigenvalue weighted by molar-refractivity contribution is 0.746. The Kier molecular flexibility index (Phi) is 5.31. The third-order valence-electron chi connectivity index (χ3n) is 4.95. The molecule has 0 aliphatic carbocycles. The normalized spacial score (nSPS) is 11.6. The first kappa shape index (κ1) is 20.0. The van der Waals surface area contributed by atoms with Crippen LogP contribution in [0, 0.1) is 12.3 Å². The summed E-state index contributed by atoms with van der Waals surface area (Å²) < 4.78 is 3.48. The highest BCUT2D eigenvalue weighted by molar-refractivity contribution is 5.86. The number of nitrogens with zero attached hydrogens (tertiary/aromatic N) is 5. The van der Waals surface area contributed by atoms with Crippen LogP contribution in [-0.4, -0.2) is 30.3 Å². The minimum absolute atomic E-state index is 0.240. The van der Waals surface area contributed by atoms with E-state index < -0.39 is 0 Å². The summed E-state index contributed by atoms with van der Waals surface area (Å²) in [5, 5.41) is 11.2. The largest absolute Gasteiger partial charge is 0.398 e. The quantitative estimate of drug-likeness (QED) is 0.416. The van der Waals surface area contributed by atoms with E-state index in [0.717, 1.165) is 23.0 Å². The predicted molar refractivity (Wildman–Crippen MR) is 122 cm³/mol. The van der Waals surface area contributed by atoms with Crippen LogP contribution in [0.15, 0.2) is 59.9 Å². The summed E-state index contributed by atoms with van der Waals surface area (Å²) in [5.41, 5.74) is 9.37. The molecule has 0 radical (unpaired) electrons. The number of rotatable bonds is 6. The van der Waals surface area contributed by atoms with Crippen molar-refractivity contribution in [2.75, 3.05) is 5.32 Å². The van der Waals surface area contributed by atoms with Crippen molar-refractivity contribution in [1.29, 1.82) is 5.41 Å². The molecule has 3 heterocycles. The fraction of sp³-hybridized carbons (Fsp3) is 0.136. The molecule has 0 spiro atoms. The molecule has 0 amide bonds. The van der Waals surface area contributed by atoms with Gasteiger partial charge in [0.25, 0.3) is 5.56 Å². The maximum atomic E-state index is 12.9. The number of aryl methyl sites for hydroxylation is 2. The van der Waals surface area contributed by atoms with Crippen molar-refractivity contribution < 1.29 is 0 Å². The van der Waals surface area contributed by atoms with Crippen molar-refractivity contribution in [3.8, 4) is 5.69 Å². The molecule has 0 fully saturated rings. The standard InChI is InChI=1S/C22H22N8O/c1-3-30-20-17(12-18(21(30)31)19(24)8-9-23)14(2)26-22(28-20)27-15-4-6-16(7-5-15)29-11-10-25-13-29/h4-13,23H,3,24H2,1-2H3,(H,26,27,28)/b19-8-,23-9?. The fourth-order valence-electron chi connectivity index (χ4n) is 3.38. The number of nitrogens with one attached hydrogen (secondary N) is 2. The van der Waals surface area contributed by atoms with Crippen LogP contribution in [0.2, 0.25) is 0 Å². The van der Waals surface area contributed by atoms with E-state index in [9.17, 15) is 4.79 Å².